The molecular formula is C13H17ClN6O. The second-order valence-corrected chi connectivity index (χ2v) is 5.82. The van der Waals surface area contributed by atoms with E-state index in [2.05, 4.69) is 30.5 Å². The second kappa shape index (κ2) is 5.95. The van der Waals surface area contributed by atoms with Crippen LogP contribution in [0.4, 0.5) is 5.95 Å². The number of rotatable bonds is 4. The fourth-order valence-corrected chi connectivity index (χ4v) is 2.80. The van der Waals surface area contributed by atoms with E-state index in [1.165, 1.54) is 0 Å². The topological polar surface area (TPSA) is 99.6 Å². The maximum Gasteiger partial charge on any atom is 0.222 e. The van der Waals surface area contributed by atoms with Crippen LogP contribution in [0.3, 0.4) is 0 Å². The van der Waals surface area contributed by atoms with Gasteiger partial charge in [0.05, 0.1) is 23.5 Å². The van der Waals surface area contributed by atoms with E-state index in [9.17, 15) is 5.11 Å². The first-order valence-corrected chi connectivity index (χ1v) is 7.28. The Balaban J connectivity index is 1.58. The van der Waals surface area contributed by atoms with Crippen LogP contribution in [0.2, 0.25) is 5.02 Å². The fourth-order valence-electron chi connectivity index (χ4n) is 2.70. The first-order chi connectivity index (χ1) is 10.1. The van der Waals surface area contributed by atoms with Gasteiger partial charge in [-0.1, -0.05) is 11.6 Å². The molecule has 0 amide bonds. The molecule has 2 aromatic rings. The minimum atomic E-state index is -0.367. The standard InChI is InChI=1S/C13H17ClN6O/c1-7-18-12(20-19-7)8-2-9(11(21)3-8)4-15-13-16-5-10(14)6-17-13/h5-6,8-9,11,21H,2-4H2,1H3,(H,15,16,17)(H,18,19,20)/t8-,9+,11+/m0/s1. The van der Waals surface area contributed by atoms with Gasteiger partial charge < -0.3 is 10.4 Å². The normalized spacial score (nSPS) is 25.2. The molecule has 0 spiro atoms. The van der Waals surface area contributed by atoms with Crippen molar-refractivity contribution >= 4 is 17.5 Å². The molecule has 1 aliphatic carbocycles. The Kier molecular flexibility index (Phi) is 4.03. The Labute approximate surface area is 127 Å². The van der Waals surface area contributed by atoms with Gasteiger partial charge in [-0.05, 0) is 19.8 Å². The van der Waals surface area contributed by atoms with E-state index in [0.29, 0.717) is 23.9 Å². The number of nitrogens with zero attached hydrogens (tertiary/aromatic N) is 4. The molecular weight excluding hydrogens is 292 g/mol. The summed E-state index contributed by atoms with van der Waals surface area (Å²) in [5, 5.41) is 20.9. The predicted molar refractivity (Wildman–Crippen MR) is 78.1 cm³/mol. The average Bonchev–Trinajstić information content (AvgIpc) is 3.05. The van der Waals surface area contributed by atoms with Gasteiger partial charge in [-0.2, -0.15) is 5.10 Å². The number of nitrogens with one attached hydrogen (secondary N) is 2. The van der Waals surface area contributed by atoms with Gasteiger partial charge in [0.1, 0.15) is 5.82 Å². The third-order valence-electron chi connectivity index (χ3n) is 3.78. The largest absolute Gasteiger partial charge is 0.393 e. The van der Waals surface area contributed by atoms with Crippen molar-refractivity contribution < 1.29 is 5.11 Å². The maximum atomic E-state index is 10.2. The van der Waals surface area contributed by atoms with E-state index < -0.39 is 0 Å². The van der Waals surface area contributed by atoms with Crippen LogP contribution < -0.4 is 5.32 Å². The van der Waals surface area contributed by atoms with Crippen LogP contribution in [0, 0.1) is 12.8 Å². The molecule has 0 aliphatic heterocycles. The minimum absolute atomic E-state index is 0.132. The first kappa shape index (κ1) is 14.2. The number of hydrogen-bond donors (Lipinski definition) is 3. The molecule has 0 saturated heterocycles. The van der Waals surface area contributed by atoms with Gasteiger partial charge in [0.2, 0.25) is 5.95 Å². The first-order valence-electron chi connectivity index (χ1n) is 6.90. The van der Waals surface area contributed by atoms with Gasteiger partial charge in [0.15, 0.2) is 5.82 Å². The molecule has 1 fully saturated rings. The molecule has 0 aromatic carbocycles. The van der Waals surface area contributed by atoms with E-state index in [-0.39, 0.29) is 17.9 Å². The van der Waals surface area contributed by atoms with Crippen molar-refractivity contribution in [2.24, 2.45) is 5.92 Å². The Hall–Kier alpha value is -1.73. The SMILES string of the molecule is Cc1nc([C@H]2C[C@H](CNc3ncc(Cl)cn3)[C@H](O)C2)n[nH]1. The molecule has 0 radical (unpaired) electrons. The van der Waals surface area contributed by atoms with Crippen molar-refractivity contribution in [2.45, 2.75) is 31.8 Å². The van der Waals surface area contributed by atoms with Gasteiger partial charge >= 0.3 is 0 Å². The lowest BCUT2D eigenvalue weighted by molar-refractivity contribution is 0.137. The summed E-state index contributed by atoms with van der Waals surface area (Å²) in [5.41, 5.74) is 0. The number of hydrogen-bond acceptors (Lipinski definition) is 6. The Morgan fingerprint density at radius 3 is 2.81 bits per heavy atom. The highest BCUT2D eigenvalue weighted by atomic mass is 35.5. The molecule has 112 valence electrons. The molecule has 3 rings (SSSR count). The van der Waals surface area contributed by atoms with Crippen molar-refractivity contribution in [3.63, 3.8) is 0 Å². The quantitative estimate of drug-likeness (QED) is 0.792. The summed E-state index contributed by atoms with van der Waals surface area (Å²) >= 11 is 5.74. The third-order valence-corrected chi connectivity index (χ3v) is 3.97. The molecule has 3 atom stereocenters. The van der Waals surface area contributed by atoms with Gasteiger partial charge in [0, 0.05) is 18.4 Å². The van der Waals surface area contributed by atoms with Crippen LogP contribution in [0.5, 0.6) is 0 Å². The molecule has 2 heterocycles. The monoisotopic (exact) mass is 308 g/mol. The number of halogens is 1. The fraction of sp³-hybridized carbons (Fsp3) is 0.538. The van der Waals surface area contributed by atoms with Gasteiger partial charge in [-0.15, -0.1) is 0 Å². The van der Waals surface area contributed by atoms with E-state index in [0.717, 1.165) is 18.1 Å². The second-order valence-electron chi connectivity index (χ2n) is 5.38. The van der Waals surface area contributed by atoms with E-state index in [4.69, 9.17) is 11.6 Å². The lowest BCUT2D eigenvalue weighted by Crippen LogP contribution is -2.22. The number of H-pyrrole nitrogens is 1. The molecule has 7 nitrogen and oxygen atoms in total. The number of anilines is 1. The highest BCUT2D eigenvalue weighted by Crippen LogP contribution is 2.37. The Morgan fingerprint density at radius 1 is 1.38 bits per heavy atom. The summed E-state index contributed by atoms with van der Waals surface area (Å²) in [5.74, 6) is 2.44. The number of aromatic amines is 1. The van der Waals surface area contributed by atoms with Gasteiger partial charge in [-0.25, -0.2) is 15.0 Å². The lowest BCUT2D eigenvalue weighted by atomic mass is 10.0. The van der Waals surface area contributed by atoms with Crippen molar-refractivity contribution in [1.29, 1.82) is 0 Å². The van der Waals surface area contributed by atoms with Gasteiger partial charge in [-0.3, -0.25) is 5.10 Å². The summed E-state index contributed by atoms with van der Waals surface area (Å²) in [6.07, 6.45) is 4.25. The zero-order valence-corrected chi connectivity index (χ0v) is 12.4. The van der Waals surface area contributed by atoms with E-state index in [1.807, 2.05) is 6.92 Å². The summed E-state index contributed by atoms with van der Waals surface area (Å²) < 4.78 is 0. The van der Waals surface area contributed by atoms with Crippen LogP contribution in [-0.4, -0.2) is 42.9 Å². The average molecular weight is 309 g/mol. The highest BCUT2D eigenvalue weighted by Gasteiger charge is 2.35. The third kappa shape index (κ3) is 3.30. The van der Waals surface area contributed by atoms with E-state index >= 15 is 0 Å². The highest BCUT2D eigenvalue weighted by molar-refractivity contribution is 6.30. The number of aryl methyl sites for hydroxylation is 1. The molecule has 21 heavy (non-hydrogen) atoms. The number of aliphatic hydroxyl groups is 1. The van der Waals surface area contributed by atoms with Crippen LogP contribution in [0.25, 0.3) is 0 Å². The lowest BCUT2D eigenvalue weighted by Gasteiger charge is -2.14. The van der Waals surface area contributed by atoms with Crippen molar-refractivity contribution in [1.82, 2.24) is 25.1 Å². The number of aromatic nitrogens is 5. The summed E-state index contributed by atoms with van der Waals surface area (Å²) in [4.78, 5) is 12.5. The Bertz CT molecular complexity index is 601. The summed E-state index contributed by atoms with van der Waals surface area (Å²) in [7, 11) is 0. The van der Waals surface area contributed by atoms with Crippen molar-refractivity contribution in [3.8, 4) is 0 Å². The minimum Gasteiger partial charge on any atom is -0.393 e. The molecule has 8 heteroatoms. The van der Waals surface area contributed by atoms with Crippen LogP contribution in [0.1, 0.15) is 30.4 Å². The maximum absolute atomic E-state index is 10.2. The van der Waals surface area contributed by atoms with Crippen LogP contribution in [-0.2, 0) is 0 Å². The predicted octanol–water partition coefficient (Wildman–Crippen LogP) is 1.52. The Morgan fingerprint density at radius 2 is 2.14 bits per heavy atom. The van der Waals surface area contributed by atoms with Gasteiger partial charge in [0.25, 0.3) is 0 Å². The van der Waals surface area contributed by atoms with Crippen molar-refractivity contribution in [3.05, 3.63) is 29.1 Å². The molecule has 0 unspecified atom stereocenters. The van der Waals surface area contributed by atoms with E-state index in [1.54, 1.807) is 12.4 Å². The molecule has 2 aromatic heterocycles. The number of aliphatic hydroxyl groups excluding tert-OH is 1. The zero-order chi connectivity index (χ0) is 14.8. The van der Waals surface area contributed by atoms with Crippen LogP contribution in [0.15, 0.2) is 12.4 Å². The molecule has 1 aliphatic rings. The zero-order valence-electron chi connectivity index (χ0n) is 11.6. The molecule has 1 saturated carbocycles. The smallest absolute Gasteiger partial charge is 0.222 e. The summed E-state index contributed by atoms with van der Waals surface area (Å²) in [6, 6.07) is 0. The molecule has 0 bridgehead atoms. The van der Waals surface area contributed by atoms with Crippen molar-refractivity contribution in [2.75, 3.05) is 11.9 Å². The molecule has 3 N–H and O–H groups in total. The summed E-state index contributed by atoms with van der Waals surface area (Å²) in [6.45, 7) is 2.49. The van der Waals surface area contributed by atoms with Crippen LogP contribution >= 0.6 is 11.6 Å².